The lowest BCUT2D eigenvalue weighted by atomic mass is 9.92. The van der Waals surface area contributed by atoms with Crippen LogP contribution in [-0.2, 0) is 4.74 Å². The molecule has 1 aliphatic rings. The van der Waals surface area contributed by atoms with Crippen LogP contribution in [0.4, 0.5) is 4.79 Å². The molecule has 148 valence electrons. The third-order valence-corrected chi connectivity index (χ3v) is 5.47. The van der Waals surface area contributed by atoms with E-state index in [1.165, 1.54) is 0 Å². The molecule has 2 atom stereocenters. The average molecular weight is 373 g/mol. The lowest BCUT2D eigenvalue weighted by Crippen LogP contribution is -2.53. The van der Waals surface area contributed by atoms with Crippen molar-refractivity contribution in [1.82, 2.24) is 15.5 Å². The minimum Gasteiger partial charge on any atom is -0.379 e. The number of ether oxygens (including phenoxy) is 1. The SMILES string of the molecule is CCC(CC)[C@@H](CNC(=O)N[C@H](C)c1ccc(C#N)cc1)N1CCOCC1. The van der Waals surface area contributed by atoms with Crippen molar-refractivity contribution in [2.24, 2.45) is 5.92 Å². The zero-order valence-corrected chi connectivity index (χ0v) is 16.7. The second-order valence-electron chi connectivity index (χ2n) is 7.10. The van der Waals surface area contributed by atoms with Crippen molar-refractivity contribution in [2.45, 2.75) is 45.7 Å². The molecular formula is C21H32N4O2. The summed E-state index contributed by atoms with van der Waals surface area (Å²) in [5.41, 5.74) is 1.60. The largest absolute Gasteiger partial charge is 0.379 e. The predicted molar refractivity (Wildman–Crippen MR) is 106 cm³/mol. The van der Waals surface area contributed by atoms with Crippen molar-refractivity contribution in [1.29, 1.82) is 5.26 Å². The van der Waals surface area contributed by atoms with Gasteiger partial charge < -0.3 is 15.4 Å². The number of amides is 2. The fourth-order valence-corrected chi connectivity index (χ4v) is 3.71. The Bertz CT molecular complexity index is 616. The molecule has 0 spiro atoms. The maximum atomic E-state index is 12.4. The van der Waals surface area contributed by atoms with Gasteiger partial charge >= 0.3 is 6.03 Å². The Morgan fingerprint density at radius 1 is 1.22 bits per heavy atom. The van der Waals surface area contributed by atoms with Crippen LogP contribution in [0.3, 0.4) is 0 Å². The van der Waals surface area contributed by atoms with E-state index in [0.29, 0.717) is 24.1 Å². The summed E-state index contributed by atoms with van der Waals surface area (Å²) >= 11 is 0. The zero-order valence-electron chi connectivity index (χ0n) is 16.7. The molecule has 1 aromatic carbocycles. The van der Waals surface area contributed by atoms with E-state index in [1.807, 2.05) is 19.1 Å². The van der Waals surface area contributed by atoms with E-state index in [4.69, 9.17) is 10.00 Å². The van der Waals surface area contributed by atoms with E-state index in [0.717, 1.165) is 44.7 Å². The number of rotatable bonds is 8. The summed E-state index contributed by atoms with van der Waals surface area (Å²) in [7, 11) is 0. The normalized spacial score (nSPS) is 17.1. The lowest BCUT2D eigenvalue weighted by molar-refractivity contribution is 0.00236. The highest BCUT2D eigenvalue weighted by Crippen LogP contribution is 2.19. The van der Waals surface area contributed by atoms with Crippen molar-refractivity contribution in [3.05, 3.63) is 35.4 Å². The van der Waals surface area contributed by atoms with Crippen LogP contribution in [0.2, 0.25) is 0 Å². The smallest absolute Gasteiger partial charge is 0.315 e. The molecule has 27 heavy (non-hydrogen) atoms. The predicted octanol–water partition coefficient (Wildman–Crippen LogP) is 3.06. The molecule has 0 saturated carbocycles. The van der Waals surface area contributed by atoms with E-state index >= 15 is 0 Å². The van der Waals surface area contributed by atoms with Gasteiger partial charge in [-0.15, -0.1) is 0 Å². The minimum atomic E-state index is -0.156. The second kappa shape index (κ2) is 10.9. The molecule has 1 aliphatic heterocycles. The highest BCUT2D eigenvalue weighted by atomic mass is 16.5. The van der Waals surface area contributed by atoms with E-state index in [1.54, 1.807) is 12.1 Å². The molecule has 0 radical (unpaired) electrons. The summed E-state index contributed by atoms with van der Waals surface area (Å²) < 4.78 is 5.48. The van der Waals surface area contributed by atoms with Crippen LogP contribution >= 0.6 is 0 Å². The van der Waals surface area contributed by atoms with Crippen LogP contribution < -0.4 is 10.6 Å². The van der Waals surface area contributed by atoms with Gasteiger partial charge in [-0.3, -0.25) is 4.90 Å². The molecule has 1 fully saturated rings. The molecule has 6 heteroatoms. The van der Waals surface area contributed by atoms with Crippen LogP contribution in [0, 0.1) is 17.2 Å². The maximum Gasteiger partial charge on any atom is 0.315 e. The molecule has 0 unspecified atom stereocenters. The van der Waals surface area contributed by atoms with Crippen molar-refractivity contribution < 1.29 is 9.53 Å². The van der Waals surface area contributed by atoms with Crippen molar-refractivity contribution in [2.75, 3.05) is 32.8 Å². The number of carbonyl (C=O) groups excluding carboxylic acids is 1. The number of carbonyl (C=O) groups is 1. The highest BCUT2D eigenvalue weighted by molar-refractivity contribution is 5.74. The Labute approximate surface area is 162 Å². The average Bonchev–Trinajstić information content (AvgIpc) is 2.71. The number of urea groups is 1. The molecule has 0 bridgehead atoms. The van der Waals surface area contributed by atoms with Crippen LogP contribution in [-0.4, -0.2) is 49.8 Å². The summed E-state index contributed by atoms with van der Waals surface area (Å²) in [5, 5.41) is 14.9. The van der Waals surface area contributed by atoms with E-state index in [2.05, 4.69) is 35.5 Å². The highest BCUT2D eigenvalue weighted by Gasteiger charge is 2.27. The van der Waals surface area contributed by atoms with Crippen LogP contribution in [0.25, 0.3) is 0 Å². The first-order valence-electron chi connectivity index (χ1n) is 9.95. The molecule has 2 N–H and O–H groups in total. The number of hydrogen-bond donors (Lipinski definition) is 2. The summed E-state index contributed by atoms with van der Waals surface area (Å²) in [6.07, 6.45) is 2.20. The first kappa shape index (κ1) is 21.2. The quantitative estimate of drug-likeness (QED) is 0.735. The van der Waals surface area contributed by atoms with Crippen molar-refractivity contribution >= 4 is 6.03 Å². The Kier molecular flexibility index (Phi) is 8.56. The maximum absolute atomic E-state index is 12.4. The minimum absolute atomic E-state index is 0.118. The van der Waals surface area contributed by atoms with Gasteiger partial charge in [0, 0.05) is 25.7 Å². The van der Waals surface area contributed by atoms with Gasteiger partial charge in [0.25, 0.3) is 0 Å². The summed E-state index contributed by atoms with van der Waals surface area (Å²) in [5.74, 6) is 0.555. The molecule has 2 rings (SSSR count). The molecule has 0 aliphatic carbocycles. The number of nitrogens with one attached hydrogen (secondary N) is 2. The Balaban J connectivity index is 1.90. The molecule has 1 aromatic rings. The van der Waals surface area contributed by atoms with Gasteiger partial charge in [-0.1, -0.05) is 38.8 Å². The molecule has 6 nitrogen and oxygen atoms in total. The number of nitriles is 1. The van der Waals surface area contributed by atoms with Crippen LogP contribution in [0.5, 0.6) is 0 Å². The first-order valence-corrected chi connectivity index (χ1v) is 9.95. The van der Waals surface area contributed by atoms with E-state index < -0.39 is 0 Å². The Morgan fingerprint density at radius 2 is 1.85 bits per heavy atom. The summed E-state index contributed by atoms with van der Waals surface area (Å²) in [6.45, 7) is 10.4. The zero-order chi connectivity index (χ0) is 19.6. The van der Waals surface area contributed by atoms with Gasteiger partial charge in [-0.05, 0) is 30.5 Å². The monoisotopic (exact) mass is 372 g/mol. The van der Waals surface area contributed by atoms with Gasteiger partial charge in [0.15, 0.2) is 0 Å². The van der Waals surface area contributed by atoms with Gasteiger partial charge in [0.1, 0.15) is 0 Å². The topological polar surface area (TPSA) is 77.4 Å². The van der Waals surface area contributed by atoms with E-state index in [9.17, 15) is 4.79 Å². The molecule has 1 heterocycles. The van der Waals surface area contributed by atoms with Gasteiger partial charge in [0.05, 0.1) is 30.9 Å². The van der Waals surface area contributed by atoms with Crippen LogP contribution in [0.1, 0.15) is 50.8 Å². The van der Waals surface area contributed by atoms with Gasteiger partial charge in [-0.25, -0.2) is 4.79 Å². The standard InChI is InChI=1S/C21H32N4O2/c1-4-18(5-2)20(25-10-12-27-13-11-25)15-23-21(26)24-16(3)19-8-6-17(14-22)7-9-19/h6-9,16,18,20H,4-5,10-13,15H2,1-3H3,(H2,23,24,26)/t16-,20-/m1/s1. The number of hydrogen-bond acceptors (Lipinski definition) is 4. The molecule has 0 aromatic heterocycles. The lowest BCUT2D eigenvalue weighted by Gasteiger charge is -2.38. The Morgan fingerprint density at radius 3 is 2.41 bits per heavy atom. The molecule has 1 saturated heterocycles. The molecule has 2 amide bonds. The number of nitrogens with zero attached hydrogens (tertiary/aromatic N) is 2. The first-order chi connectivity index (χ1) is 13.1. The van der Waals surface area contributed by atoms with Gasteiger partial charge in [-0.2, -0.15) is 5.26 Å². The van der Waals surface area contributed by atoms with Gasteiger partial charge in [0.2, 0.25) is 0 Å². The number of benzene rings is 1. The third kappa shape index (κ3) is 6.23. The Hall–Kier alpha value is -2.10. The molecular weight excluding hydrogens is 340 g/mol. The van der Waals surface area contributed by atoms with Crippen LogP contribution in [0.15, 0.2) is 24.3 Å². The van der Waals surface area contributed by atoms with Crippen molar-refractivity contribution in [3.8, 4) is 6.07 Å². The summed E-state index contributed by atoms with van der Waals surface area (Å²) in [6, 6.07) is 9.47. The summed E-state index contributed by atoms with van der Waals surface area (Å²) in [4.78, 5) is 14.9. The van der Waals surface area contributed by atoms with E-state index in [-0.39, 0.29) is 12.1 Å². The fraction of sp³-hybridized carbons (Fsp3) is 0.619. The number of morpholine rings is 1. The fourth-order valence-electron chi connectivity index (χ4n) is 3.71. The van der Waals surface area contributed by atoms with Crippen molar-refractivity contribution in [3.63, 3.8) is 0 Å². The second-order valence-corrected chi connectivity index (χ2v) is 7.10. The third-order valence-electron chi connectivity index (χ3n) is 5.47.